The lowest BCUT2D eigenvalue weighted by Crippen LogP contribution is -2.16. The standard InChI is InChI=1S/C18H38O6/c1-2-3-13-23-24-17-15-21-14-16-22-18(20)11-9-7-5-4-6-8-10-12-19/h18-20H,2-17H2,1H3. The van der Waals surface area contributed by atoms with E-state index in [4.69, 9.17) is 24.4 Å². The third kappa shape index (κ3) is 19.8. The molecule has 0 aliphatic heterocycles. The Morgan fingerprint density at radius 3 is 2.04 bits per heavy atom. The number of hydrogen-bond acceptors (Lipinski definition) is 6. The molecule has 0 rings (SSSR count). The number of hydrogen-bond donors (Lipinski definition) is 2. The van der Waals surface area contributed by atoms with Crippen LogP contribution in [0, 0.1) is 0 Å². The first kappa shape index (κ1) is 23.8. The van der Waals surface area contributed by atoms with Gasteiger partial charge in [0.15, 0.2) is 6.29 Å². The number of aliphatic hydroxyl groups is 2. The first-order valence-electron chi connectivity index (χ1n) is 9.54. The Labute approximate surface area is 147 Å². The molecular weight excluding hydrogens is 312 g/mol. The van der Waals surface area contributed by atoms with Gasteiger partial charge in [-0.05, 0) is 25.7 Å². The summed E-state index contributed by atoms with van der Waals surface area (Å²) in [4.78, 5) is 9.89. The van der Waals surface area contributed by atoms with Gasteiger partial charge in [0, 0.05) is 6.61 Å². The third-order valence-corrected chi connectivity index (χ3v) is 3.62. The van der Waals surface area contributed by atoms with E-state index < -0.39 is 6.29 Å². The van der Waals surface area contributed by atoms with Crippen LogP contribution in [0.25, 0.3) is 0 Å². The van der Waals surface area contributed by atoms with Gasteiger partial charge in [-0.15, -0.1) is 0 Å². The number of aliphatic hydroxyl groups excluding tert-OH is 2. The van der Waals surface area contributed by atoms with Crippen LogP contribution in [0.4, 0.5) is 0 Å². The van der Waals surface area contributed by atoms with Gasteiger partial charge >= 0.3 is 0 Å². The van der Waals surface area contributed by atoms with Crippen LogP contribution in [0.1, 0.15) is 71.1 Å². The SMILES string of the molecule is CCCCOOCCOCCOC(O)CCCCCCCCCO. The Morgan fingerprint density at radius 2 is 1.33 bits per heavy atom. The van der Waals surface area contributed by atoms with Gasteiger partial charge in [-0.25, -0.2) is 9.78 Å². The van der Waals surface area contributed by atoms with Gasteiger partial charge in [-0.3, -0.25) is 0 Å². The number of unbranched alkanes of at least 4 members (excludes halogenated alkanes) is 7. The van der Waals surface area contributed by atoms with Gasteiger partial charge in [0.25, 0.3) is 0 Å². The summed E-state index contributed by atoms with van der Waals surface area (Å²) in [5.74, 6) is 0. The van der Waals surface area contributed by atoms with Gasteiger partial charge in [-0.2, -0.15) is 0 Å². The zero-order valence-electron chi connectivity index (χ0n) is 15.4. The van der Waals surface area contributed by atoms with Crippen molar-refractivity contribution < 1.29 is 29.5 Å². The van der Waals surface area contributed by atoms with E-state index in [-0.39, 0.29) is 0 Å². The van der Waals surface area contributed by atoms with Crippen molar-refractivity contribution in [2.75, 3.05) is 39.6 Å². The minimum Gasteiger partial charge on any atom is -0.396 e. The fraction of sp³-hybridized carbons (Fsp3) is 1.00. The normalized spacial score (nSPS) is 12.6. The lowest BCUT2D eigenvalue weighted by atomic mass is 10.1. The second-order valence-electron chi connectivity index (χ2n) is 5.92. The van der Waals surface area contributed by atoms with Crippen molar-refractivity contribution in [3.63, 3.8) is 0 Å². The Bertz CT molecular complexity index is 228. The van der Waals surface area contributed by atoms with Crippen molar-refractivity contribution in [3.8, 4) is 0 Å². The highest BCUT2D eigenvalue weighted by atomic mass is 17.2. The fourth-order valence-corrected chi connectivity index (χ4v) is 2.16. The zero-order valence-corrected chi connectivity index (χ0v) is 15.4. The predicted octanol–water partition coefficient (Wildman–Crippen LogP) is 3.20. The minimum absolute atomic E-state index is 0.299. The molecule has 0 fully saturated rings. The lowest BCUT2D eigenvalue weighted by Gasteiger charge is -2.12. The molecule has 0 heterocycles. The summed E-state index contributed by atoms with van der Waals surface area (Å²) in [7, 11) is 0. The Balaban J connectivity index is 3.11. The van der Waals surface area contributed by atoms with Crippen molar-refractivity contribution in [2.24, 2.45) is 0 Å². The Kier molecular flexibility index (Phi) is 20.6. The van der Waals surface area contributed by atoms with Crippen LogP contribution >= 0.6 is 0 Å². The van der Waals surface area contributed by atoms with Crippen LogP contribution < -0.4 is 0 Å². The van der Waals surface area contributed by atoms with Crippen LogP contribution in [0.2, 0.25) is 0 Å². The van der Waals surface area contributed by atoms with Crippen LogP contribution in [0.3, 0.4) is 0 Å². The maximum absolute atomic E-state index is 9.69. The highest BCUT2D eigenvalue weighted by molar-refractivity contribution is 4.48. The molecule has 2 N–H and O–H groups in total. The molecule has 0 aliphatic carbocycles. The van der Waals surface area contributed by atoms with E-state index >= 15 is 0 Å². The predicted molar refractivity (Wildman–Crippen MR) is 93.6 cm³/mol. The first-order chi connectivity index (χ1) is 11.8. The molecule has 0 aromatic rings. The molecule has 0 aromatic heterocycles. The quantitative estimate of drug-likeness (QED) is 0.152. The monoisotopic (exact) mass is 350 g/mol. The van der Waals surface area contributed by atoms with E-state index in [1.807, 2.05) is 0 Å². The van der Waals surface area contributed by atoms with Crippen LogP contribution in [-0.2, 0) is 19.2 Å². The molecule has 0 aliphatic rings. The largest absolute Gasteiger partial charge is 0.396 e. The molecule has 24 heavy (non-hydrogen) atoms. The molecule has 1 unspecified atom stereocenters. The van der Waals surface area contributed by atoms with Gasteiger partial charge < -0.3 is 19.7 Å². The average molecular weight is 350 g/mol. The number of ether oxygens (including phenoxy) is 2. The summed E-state index contributed by atoms with van der Waals surface area (Å²) < 4.78 is 10.6. The average Bonchev–Trinajstić information content (AvgIpc) is 2.59. The summed E-state index contributed by atoms with van der Waals surface area (Å²) in [6, 6.07) is 0. The lowest BCUT2D eigenvalue weighted by molar-refractivity contribution is -0.299. The highest BCUT2D eigenvalue weighted by Gasteiger charge is 2.03. The second kappa shape index (κ2) is 20.8. The first-order valence-corrected chi connectivity index (χ1v) is 9.54. The smallest absolute Gasteiger partial charge is 0.154 e. The van der Waals surface area contributed by atoms with Crippen LogP contribution in [-0.4, -0.2) is 56.1 Å². The van der Waals surface area contributed by atoms with E-state index in [2.05, 4.69) is 6.92 Å². The van der Waals surface area contributed by atoms with Gasteiger partial charge in [0.05, 0.1) is 26.4 Å². The minimum atomic E-state index is -0.698. The summed E-state index contributed by atoms with van der Waals surface area (Å²) in [5.41, 5.74) is 0. The van der Waals surface area contributed by atoms with Crippen LogP contribution in [0.15, 0.2) is 0 Å². The molecule has 6 nitrogen and oxygen atoms in total. The number of rotatable bonds is 20. The molecule has 0 saturated heterocycles. The third-order valence-electron chi connectivity index (χ3n) is 3.62. The van der Waals surface area contributed by atoms with E-state index in [9.17, 15) is 5.11 Å². The van der Waals surface area contributed by atoms with E-state index in [1.165, 1.54) is 19.3 Å². The fourth-order valence-electron chi connectivity index (χ4n) is 2.16. The zero-order chi connectivity index (χ0) is 17.7. The van der Waals surface area contributed by atoms with Gasteiger partial charge in [0.2, 0.25) is 0 Å². The molecular formula is C18H38O6. The second-order valence-corrected chi connectivity index (χ2v) is 5.92. The van der Waals surface area contributed by atoms with Crippen molar-refractivity contribution >= 4 is 0 Å². The maximum Gasteiger partial charge on any atom is 0.154 e. The summed E-state index contributed by atoms with van der Waals surface area (Å²) in [5, 5.41) is 18.4. The highest BCUT2D eigenvalue weighted by Crippen LogP contribution is 2.10. The Hall–Kier alpha value is -0.240. The van der Waals surface area contributed by atoms with Crippen molar-refractivity contribution in [2.45, 2.75) is 77.4 Å². The van der Waals surface area contributed by atoms with Gasteiger partial charge in [0.1, 0.15) is 6.61 Å². The molecule has 0 aromatic carbocycles. The molecule has 1 atom stereocenters. The summed E-state index contributed by atoms with van der Waals surface area (Å²) >= 11 is 0. The van der Waals surface area contributed by atoms with Crippen LogP contribution in [0.5, 0.6) is 0 Å². The maximum atomic E-state index is 9.69. The molecule has 0 amide bonds. The van der Waals surface area contributed by atoms with E-state index in [0.29, 0.717) is 46.1 Å². The molecule has 0 spiro atoms. The Morgan fingerprint density at radius 1 is 0.708 bits per heavy atom. The molecule has 0 radical (unpaired) electrons. The van der Waals surface area contributed by atoms with Crippen molar-refractivity contribution in [1.82, 2.24) is 0 Å². The van der Waals surface area contributed by atoms with Gasteiger partial charge in [-0.1, -0.05) is 45.4 Å². The topological polar surface area (TPSA) is 77.4 Å². The van der Waals surface area contributed by atoms with Crippen molar-refractivity contribution in [3.05, 3.63) is 0 Å². The molecule has 6 heteroatoms. The molecule has 0 saturated carbocycles. The van der Waals surface area contributed by atoms with E-state index in [0.717, 1.165) is 38.5 Å². The van der Waals surface area contributed by atoms with E-state index in [1.54, 1.807) is 0 Å². The summed E-state index contributed by atoms with van der Waals surface area (Å²) in [6.07, 6.45) is 9.74. The van der Waals surface area contributed by atoms with Crippen molar-refractivity contribution in [1.29, 1.82) is 0 Å². The molecule has 0 bridgehead atoms. The summed E-state index contributed by atoms with van der Waals surface area (Å²) in [6.45, 7) is 4.72. The molecule has 146 valence electrons.